The van der Waals surface area contributed by atoms with Gasteiger partial charge in [0.1, 0.15) is 0 Å². The lowest BCUT2D eigenvalue weighted by Crippen LogP contribution is -2.26. The van der Waals surface area contributed by atoms with Gasteiger partial charge in [-0.3, -0.25) is 9.89 Å². The van der Waals surface area contributed by atoms with Crippen LogP contribution < -0.4 is 5.32 Å². The second-order valence-electron chi connectivity index (χ2n) is 4.77. The lowest BCUT2D eigenvalue weighted by molar-refractivity contribution is -0.140. The molecule has 3 rings (SSSR count). The molecule has 0 atom stereocenters. The number of hydrogen-bond acceptors (Lipinski definition) is 4. The number of H-pyrrole nitrogens is 1. The van der Waals surface area contributed by atoms with Crippen molar-refractivity contribution < 1.29 is 18.0 Å². The number of carbonyl (C=O) groups excluding carboxylic acids is 1. The van der Waals surface area contributed by atoms with Gasteiger partial charge >= 0.3 is 6.18 Å². The van der Waals surface area contributed by atoms with Crippen molar-refractivity contribution in [2.24, 2.45) is 0 Å². The molecule has 1 amide bonds. The maximum Gasteiger partial charge on any atom is 0.434 e. The Labute approximate surface area is 132 Å². The number of rotatable bonds is 4. The van der Waals surface area contributed by atoms with Crippen molar-refractivity contribution in [1.82, 2.24) is 20.5 Å². The van der Waals surface area contributed by atoms with Gasteiger partial charge in [0.25, 0.3) is 5.91 Å². The number of alkyl halides is 3. The van der Waals surface area contributed by atoms with Crippen LogP contribution in [0, 0.1) is 0 Å². The monoisotopic (exact) mass is 340 g/mol. The van der Waals surface area contributed by atoms with E-state index < -0.39 is 11.9 Å². The van der Waals surface area contributed by atoms with Crippen LogP contribution >= 0.6 is 11.3 Å². The number of para-hydroxylation sites is 1. The highest BCUT2D eigenvalue weighted by Crippen LogP contribution is 2.30. The molecule has 23 heavy (non-hydrogen) atoms. The van der Waals surface area contributed by atoms with E-state index in [1.807, 2.05) is 6.07 Å². The lowest BCUT2D eigenvalue weighted by atomic mass is 10.1. The molecule has 0 aliphatic carbocycles. The van der Waals surface area contributed by atoms with Crippen LogP contribution in [0.4, 0.5) is 13.2 Å². The molecule has 0 saturated carbocycles. The first-order valence-corrected chi connectivity index (χ1v) is 7.55. The first kappa shape index (κ1) is 15.5. The fourth-order valence-corrected chi connectivity index (χ4v) is 2.90. The fourth-order valence-electron chi connectivity index (χ4n) is 2.09. The summed E-state index contributed by atoms with van der Waals surface area (Å²) in [6.07, 6.45) is -2.58. The first-order chi connectivity index (χ1) is 10.9. The fraction of sp³-hybridized carbons (Fsp3) is 0.214. The van der Waals surface area contributed by atoms with Crippen LogP contribution in [0.3, 0.4) is 0 Å². The van der Waals surface area contributed by atoms with Gasteiger partial charge < -0.3 is 5.32 Å². The van der Waals surface area contributed by atoms with Crippen molar-refractivity contribution >= 4 is 28.1 Å². The molecule has 0 aliphatic heterocycles. The average Bonchev–Trinajstić information content (AvgIpc) is 3.14. The molecule has 0 spiro atoms. The van der Waals surface area contributed by atoms with Gasteiger partial charge in [-0.25, -0.2) is 4.98 Å². The zero-order valence-electron chi connectivity index (χ0n) is 11.6. The summed E-state index contributed by atoms with van der Waals surface area (Å²) in [5, 5.41) is 11.4. The van der Waals surface area contributed by atoms with E-state index in [0.717, 1.165) is 22.1 Å². The molecule has 0 bridgehead atoms. The maximum atomic E-state index is 12.5. The number of amides is 1. The number of nitrogens with zero attached hydrogens (tertiary/aromatic N) is 2. The highest BCUT2D eigenvalue weighted by atomic mass is 32.1. The Balaban J connectivity index is 1.61. The molecular weight excluding hydrogens is 329 g/mol. The zero-order valence-corrected chi connectivity index (χ0v) is 12.5. The van der Waals surface area contributed by atoms with E-state index in [1.165, 1.54) is 0 Å². The smallest absolute Gasteiger partial charge is 0.352 e. The zero-order chi connectivity index (χ0) is 16.4. The molecule has 0 unspecified atom stereocenters. The summed E-state index contributed by atoms with van der Waals surface area (Å²) in [4.78, 5) is 15.7. The Morgan fingerprint density at radius 2 is 2.17 bits per heavy atom. The summed E-state index contributed by atoms with van der Waals surface area (Å²) in [5.74, 6) is -0.313. The number of fused-ring (bicyclic) bond motifs is 1. The summed E-state index contributed by atoms with van der Waals surface area (Å²) in [6, 6.07) is 5.22. The van der Waals surface area contributed by atoms with E-state index >= 15 is 0 Å². The van der Waals surface area contributed by atoms with Crippen molar-refractivity contribution in [1.29, 1.82) is 0 Å². The van der Waals surface area contributed by atoms with E-state index in [1.54, 1.807) is 18.3 Å². The molecule has 2 heterocycles. The second kappa shape index (κ2) is 5.99. The number of thiazole rings is 1. The first-order valence-electron chi connectivity index (χ1n) is 6.67. The minimum absolute atomic E-state index is 0.203. The van der Waals surface area contributed by atoms with Gasteiger partial charge in [0, 0.05) is 23.7 Å². The molecule has 2 aromatic heterocycles. The predicted molar refractivity (Wildman–Crippen MR) is 79.2 cm³/mol. The molecule has 0 aliphatic rings. The number of hydrogen-bond donors (Lipinski definition) is 2. The molecule has 3 aromatic rings. The van der Waals surface area contributed by atoms with E-state index in [9.17, 15) is 18.0 Å². The third kappa shape index (κ3) is 3.34. The lowest BCUT2D eigenvalue weighted by Gasteiger charge is -2.05. The summed E-state index contributed by atoms with van der Waals surface area (Å²) >= 11 is 0.929. The topological polar surface area (TPSA) is 70.7 Å². The van der Waals surface area contributed by atoms with Crippen LogP contribution in [0.2, 0.25) is 0 Å². The number of nitrogens with one attached hydrogen (secondary N) is 2. The standard InChI is InChI=1S/C14H11F3N4OS/c15-14(16,17)10-7-23-11(20-10)4-5-18-13(22)9-3-1-2-8-6-19-21-12(8)9/h1-3,6-7H,4-5H2,(H,18,22)(H,19,21). The van der Waals surface area contributed by atoms with Crippen LogP contribution in [0.5, 0.6) is 0 Å². The van der Waals surface area contributed by atoms with Crippen LogP contribution in [0.25, 0.3) is 10.9 Å². The molecule has 0 saturated heterocycles. The molecule has 9 heteroatoms. The highest BCUT2D eigenvalue weighted by Gasteiger charge is 2.33. The Morgan fingerprint density at radius 1 is 1.35 bits per heavy atom. The number of aromatic nitrogens is 3. The quantitative estimate of drug-likeness (QED) is 0.767. The van der Waals surface area contributed by atoms with Crippen molar-refractivity contribution in [3.8, 4) is 0 Å². The average molecular weight is 340 g/mol. The van der Waals surface area contributed by atoms with Gasteiger partial charge in [0.05, 0.1) is 22.3 Å². The number of halogens is 3. The Hall–Kier alpha value is -2.42. The Morgan fingerprint density at radius 3 is 2.91 bits per heavy atom. The summed E-state index contributed by atoms with van der Waals surface area (Å²) in [5.41, 5.74) is 0.166. The number of carbonyl (C=O) groups is 1. The molecule has 0 fully saturated rings. The van der Waals surface area contributed by atoms with Crippen LogP contribution in [0.1, 0.15) is 21.1 Å². The molecule has 5 nitrogen and oxygen atoms in total. The Bertz CT molecular complexity index is 840. The molecule has 120 valence electrons. The van der Waals surface area contributed by atoms with E-state index in [4.69, 9.17) is 0 Å². The highest BCUT2D eigenvalue weighted by molar-refractivity contribution is 7.09. The van der Waals surface area contributed by atoms with Crippen molar-refractivity contribution in [3.05, 3.63) is 46.0 Å². The van der Waals surface area contributed by atoms with E-state index in [-0.39, 0.29) is 18.9 Å². The molecule has 1 aromatic carbocycles. The third-order valence-corrected chi connectivity index (χ3v) is 4.10. The maximum absolute atomic E-state index is 12.5. The van der Waals surface area contributed by atoms with Crippen molar-refractivity contribution in [2.45, 2.75) is 12.6 Å². The van der Waals surface area contributed by atoms with E-state index in [2.05, 4.69) is 20.5 Å². The summed E-state index contributed by atoms with van der Waals surface area (Å²) < 4.78 is 37.4. The summed E-state index contributed by atoms with van der Waals surface area (Å²) in [6.45, 7) is 0.203. The van der Waals surface area contributed by atoms with Gasteiger partial charge in [0.2, 0.25) is 0 Å². The Kier molecular flexibility index (Phi) is 4.03. The van der Waals surface area contributed by atoms with Gasteiger partial charge in [-0.1, -0.05) is 12.1 Å². The SMILES string of the molecule is O=C(NCCc1nc(C(F)(F)F)cs1)c1cccc2cn[nH]c12. The largest absolute Gasteiger partial charge is 0.434 e. The predicted octanol–water partition coefficient (Wildman–Crippen LogP) is 3.01. The number of benzene rings is 1. The summed E-state index contributed by atoms with van der Waals surface area (Å²) in [7, 11) is 0. The minimum Gasteiger partial charge on any atom is -0.352 e. The molecule has 0 radical (unpaired) electrons. The van der Waals surface area contributed by atoms with E-state index in [0.29, 0.717) is 16.1 Å². The van der Waals surface area contributed by atoms with Crippen LogP contribution in [-0.4, -0.2) is 27.6 Å². The van der Waals surface area contributed by atoms with Crippen molar-refractivity contribution in [2.75, 3.05) is 6.54 Å². The third-order valence-electron chi connectivity index (χ3n) is 3.19. The van der Waals surface area contributed by atoms with Gasteiger partial charge in [-0.05, 0) is 6.07 Å². The van der Waals surface area contributed by atoms with Gasteiger partial charge in [0.15, 0.2) is 5.69 Å². The van der Waals surface area contributed by atoms with Crippen LogP contribution in [0.15, 0.2) is 29.8 Å². The van der Waals surface area contributed by atoms with Crippen LogP contribution in [-0.2, 0) is 12.6 Å². The number of aromatic amines is 1. The van der Waals surface area contributed by atoms with Gasteiger partial charge in [-0.15, -0.1) is 11.3 Å². The second-order valence-corrected chi connectivity index (χ2v) is 5.71. The minimum atomic E-state index is -4.44. The normalized spacial score (nSPS) is 11.8. The van der Waals surface area contributed by atoms with Crippen molar-refractivity contribution in [3.63, 3.8) is 0 Å². The molecular formula is C14H11F3N4OS. The molecule has 2 N–H and O–H groups in total. The van der Waals surface area contributed by atoms with Gasteiger partial charge in [-0.2, -0.15) is 18.3 Å².